The number of nitrogens with one attached hydrogen (secondary N) is 1. The molecule has 0 aromatic heterocycles. The zero-order valence-electron chi connectivity index (χ0n) is 20.3. The van der Waals surface area contributed by atoms with Crippen LogP contribution in [0.3, 0.4) is 0 Å². The van der Waals surface area contributed by atoms with Gasteiger partial charge in [0.15, 0.2) is 0 Å². The molecular formula is C32H31NO. The van der Waals surface area contributed by atoms with Crippen LogP contribution in [0.4, 0.5) is 5.69 Å². The molecule has 0 fully saturated rings. The van der Waals surface area contributed by atoms with Gasteiger partial charge in [0.05, 0.1) is 18.1 Å². The van der Waals surface area contributed by atoms with Gasteiger partial charge in [-0.1, -0.05) is 97.1 Å². The van der Waals surface area contributed by atoms with Crippen molar-refractivity contribution >= 4 is 11.3 Å². The number of allylic oxidation sites excluding steroid dienone is 1. The highest BCUT2D eigenvalue weighted by atomic mass is 16.5. The summed E-state index contributed by atoms with van der Waals surface area (Å²) >= 11 is 0. The van der Waals surface area contributed by atoms with E-state index in [2.05, 4.69) is 135 Å². The minimum atomic E-state index is -0.544. The van der Waals surface area contributed by atoms with Crippen molar-refractivity contribution in [2.24, 2.45) is 0 Å². The molecular weight excluding hydrogens is 414 g/mol. The summed E-state index contributed by atoms with van der Waals surface area (Å²) in [6, 6.07) is 36.8. The number of ether oxygens (including phenoxy) is 1. The van der Waals surface area contributed by atoms with Crippen LogP contribution >= 0.6 is 0 Å². The average Bonchev–Trinajstić information content (AvgIpc) is 2.86. The lowest BCUT2D eigenvalue weighted by Crippen LogP contribution is -2.34. The van der Waals surface area contributed by atoms with Crippen LogP contribution in [0.2, 0.25) is 0 Å². The third-order valence-electron chi connectivity index (χ3n) is 6.82. The normalized spacial score (nSPS) is 14.5. The molecule has 1 N–H and O–H groups in total. The second-order valence-electron chi connectivity index (χ2n) is 9.62. The molecule has 1 heterocycles. The van der Waals surface area contributed by atoms with Crippen molar-refractivity contribution in [3.05, 3.63) is 137 Å². The highest BCUT2D eigenvalue weighted by Gasteiger charge is 2.41. The van der Waals surface area contributed by atoms with E-state index in [0.717, 1.165) is 17.0 Å². The Labute approximate surface area is 202 Å². The maximum Gasteiger partial charge on any atom is 0.125 e. The van der Waals surface area contributed by atoms with E-state index in [1.807, 2.05) is 0 Å². The van der Waals surface area contributed by atoms with Crippen molar-refractivity contribution in [2.45, 2.75) is 31.7 Å². The van der Waals surface area contributed by atoms with Crippen LogP contribution in [0, 0.1) is 0 Å². The Morgan fingerprint density at radius 2 is 1.18 bits per heavy atom. The molecule has 170 valence electrons. The quantitative estimate of drug-likeness (QED) is 0.318. The summed E-state index contributed by atoms with van der Waals surface area (Å²) in [6.45, 7) is 6.59. The van der Waals surface area contributed by atoms with Crippen LogP contribution in [-0.2, 0) is 5.41 Å². The van der Waals surface area contributed by atoms with E-state index in [4.69, 9.17) is 4.74 Å². The molecule has 1 aliphatic heterocycles. The van der Waals surface area contributed by atoms with Gasteiger partial charge in [-0.2, -0.15) is 0 Å². The summed E-state index contributed by atoms with van der Waals surface area (Å²) in [5.41, 5.74) is 7.67. The Morgan fingerprint density at radius 3 is 1.62 bits per heavy atom. The molecule has 5 rings (SSSR count). The maximum atomic E-state index is 6.13. The van der Waals surface area contributed by atoms with Gasteiger partial charge in [0.25, 0.3) is 0 Å². The van der Waals surface area contributed by atoms with Gasteiger partial charge in [-0.15, -0.1) is 0 Å². The third-order valence-corrected chi connectivity index (χ3v) is 6.82. The van der Waals surface area contributed by atoms with Gasteiger partial charge in [-0.05, 0) is 49.1 Å². The van der Waals surface area contributed by atoms with Crippen molar-refractivity contribution in [3.63, 3.8) is 0 Å². The van der Waals surface area contributed by atoms with Gasteiger partial charge in [0.2, 0.25) is 0 Å². The second-order valence-corrected chi connectivity index (χ2v) is 9.62. The minimum Gasteiger partial charge on any atom is -0.496 e. The lowest BCUT2D eigenvalue weighted by Gasteiger charge is -2.39. The summed E-state index contributed by atoms with van der Waals surface area (Å²) in [7, 11) is 1.77. The third kappa shape index (κ3) is 3.60. The van der Waals surface area contributed by atoms with Crippen molar-refractivity contribution in [1.82, 2.24) is 0 Å². The molecule has 1 aliphatic rings. The molecule has 2 nitrogen and oxygen atoms in total. The molecule has 0 unspecified atom stereocenters. The molecule has 0 bridgehead atoms. The number of fused-ring (bicyclic) bond motifs is 1. The lowest BCUT2D eigenvalue weighted by atomic mass is 9.64. The molecule has 2 heteroatoms. The second kappa shape index (κ2) is 8.53. The lowest BCUT2D eigenvalue weighted by molar-refractivity contribution is 0.405. The van der Waals surface area contributed by atoms with Crippen molar-refractivity contribution in [2.75, 3.05) is 12.4 Å². The van der Waals surface area contributed by atoms with Crippen LogP contribution in [0.25, 0.3) is 5.57 Å². The first-order valence-corrected chi connectivity index (χ1v) is 11.8. The number of rotatable bonds is 5. The molecule has 0 saturated carbocycles. The first-order valence-electron chi connectivity index (χ1n) is 11.8. The smallest absolute Gasteiger partial charge is 0.125 e. The summed E-state index contributed by atoms with van der Waals surface area (Å²) in [6.07, 6.45) is 2.31. The van der Waals surface area contributed by atoms with E-state index >= 15 is 0 Å². The summed E-state index contributed by atoms with van der Waals surface area (Å²) in [5, 5.41) is 3.68. The van der Waals surface area contributed by atoms with Crippen molar-refractivity contribution in [1.29, 1.82) is 0 Å². The molecule has 34 heavy (non-hydrogen) atoms. The predicted octanol–water partition coefficient (Wildman–Crippen LogP) is 7.69. The van der Waals surface area contributed by atoms with Crippen LogP contribution in [-0.4, -0.2) is 12.6 Å². The predicted molar refractivity (Wildman–Crippen MR) is 143 cm³/mol. The highest BCUT2D eigenvalue weighted by Crippen LogP contribution is 2.50. The van der Waals surface area contributed by atoms with E-state index in [0.29, 0.717) is 0 Å². The van der Waals surface area contributed by atoms with E-state index in [-0.39, 0.29) is 5.54 Å². The topological polar surface area (TPSA) is 21.3 Å². The molecule has 0 saturated heterocycles. The van der Waals surface area contributed by atoms with E-state index in [9.17, 15) is 0 Å². The van der Waals surface area contributed by atoms with Gasteiger partial charge in [-0.25, -0.2) is 0 Å². The van der Waals surface area contributed by atoms with Gasteiger partial charge in [0.1, 0.15) is 5.75 Å². The fourth-order valence-corrected chi connectivity index (χ4v) is 5.50. The van der Waals surface area contributed by atoms with Gasteiger partial charge in [-0.3, -0.25) is 0 Å². The fraction of sp³-hybridized carbons (Fsp3) is 0.188. The molecule has 4 aromatic carbocycles. The van der Waals surface area contributed by atoms with E-state index in [1.54, 1.807) is 7.11 Å². The maximum absolute atomic E-state index is 6.13. The first-order chi connectivity index (χ1) is 16.5. The summed E-state index contributed by atoms with van der Waals surface area (Å²) in [5.74, 6) is 0.869. The fourth-order valence-electron chi connectivity index (χ4n) is 5.50. The average molecular weight is 446 g/mol. The number of hydrogen-bond acceptors (Lipinski definition) is 2. The largest absolute Gasteiger partial charge is 0.496 e. The molecule has 4 aromatic rings. The van der Waals surface area contributed by atoms with Crippen LogP contribution in [0.1, 0.15) is 48.6 Å². The molecule has 0 amide bonds. The molecule has 0 radical (unpaired) electrons. The Morgan fingerprint density at radius 1 is 0.706 bits per heavy atom. The highest BCUT2D eigenvalue weighted by molar-refractivity contribution is 5.83. The standard InChI is InChI=1S/C32H31NO/c1-23-22-31(2,3)33-29-21-30(34-4)28(20-27(23)29)32(24-14-8-5-9-15-24,25-16-10-6-11-17-25)26-18-12-7-13-19-26/h5-22,33H,1-4H3. The zero-order chi connectivity index (χ0) is 23.8. The van der Waals surface area contributed by atoms with Gasteiger partial charge in [0, 0.05) is 22.9 Å². The van der Waals surface area contributed by atoms with Gasteiger partial charge >= 0.3 is 0 Å². The first kappa shape index (κ1) is 22.0. The van der Waals surface area contributed by atoms with Crippen LogP contribution in [0.5, 0.6) is 5.75 Å². The number of anilines is 1. The molecule has 0 atom stereocenters. The van der Waals surface area contributed by atoms with E-state index in [1.165, 1.54) is 27.8 Å². The summed E-state index contributed by atoms with van der Waals surface area (Å²) in [4.78, 5) is 0. The van der Waals surface area contributed by atoms with Crippen molar-refractivity contribution < 1.29 is 4.74 Å². The number of methoxy groups -OCH3 is 1. The summed E-state index contributed by atoms with van der Waals surface area (Å²) < 4.78 is 6.13. The van der Waals surface area contributed by atoms with Crippen LogP contribution in [0.15, 0.2) is 109 Å². The molecule has 0 spiro atoms. The monoisotopic (exact) mass is 445 g/mol. The molecule has 0 aliphatic carbocycles. The minimum absolute atomic E-state index is 0.112. The van der Waals surface area contributed by atoms with Crippen molar-refractivity contribution in [3.8, 4) is 5.75 Å². The van der Waals surface area contributed by atoms with E-state index < -0.39 is 5.41 Å². The Balaban J connectivity index is 1.92. The van der Waals surface area contributed by atoms with Gasteiger partial charge < -0.3 is 10.1 Å². The Bertz CT molecular complexity index is 1230. The SMILES string of the molecule is COc1cc2c(cc1C(c1ccccc1)(c1ccccc1)c1ccccc1)C(C)=CC(C)(C)N2. The number of hydrogen-bond donors (Lipinski definition) is 1. The zero-order valence-corrected chi connectivity index (χ0v) is 20.3. The Kier molecular flexibility index (Phi) is 5.53. The Hall–Kier alpha value is -3.78. The van der Waals surface area contributed by atoms with Crippen LogP contribution < -0.4 is 10.1 Å². The number of benzene rings is 4.